The lowest BCUT2D eigenvalue weighted by Crippen LogP contribution is -2.12. The lowest BCUT2D eigenvalue weighted by Gasteiger charge is -2.03. The summed E-state index contributed by atoms with van der Waals surface area (Å²) in [6.45, 7) is 1.63. The van der Waals surface area contributed by atoms with Gasteiger partial charge >= 0.3 is 11.9 Å². The van der Waals surface area contributed by atoms with Crippen molar-refractivity contribution in [2.24, 2.45) is 0 Å². The van der Waals surface area contributed by atoms with Gasteiger partial charge in [-0.05, 0) is 18.6 Å². The average Bonchev–Trinajstić information content (AvgIpc) is 2.26. The van der Waals surface area contributed by atoms with Gasteiger partial charge in [-0.1, -0.05) is 0 Å². The highest BCUT2D eigenvalue weighted by molar-refractivity contribution is 5.91. The molecule has 80 valence electrons. The number of rotatable bonds is 2. The van der Waals surface area contributed by atoms with Gasteiger partial charge in [-0.3, -0.25) is 0 Å². The van der Waals surface area contributed by atoms with Crippen molar-refractivity contribution in [1.29, 1.82) is 0 Å². The maximum Gasteiger partial charge on any atom is 0.358 e. The van der Waals surface area contributed by atoms with Crippen LogP contribution in [0, 0.1) is 6.92 Å². The van der Waals surface area contributed by atoms with Crippen LogP contribution in [0.3, 0.4) is 0 Å². The largest absolute Gasteiger partial charge is 0.464 e. The minimum Gasteiger partial charge on any atom is -0.464 e. The van der Waals surface area contributed by atoms with Gasteiger partial charge in [-0.15, -0.1) is 10.2 Å². The van der Waals surface area contributed by atoms with Gasteiger partial charge in [0.05, 0.1) is 14.2 Å². The molecular formula is C9H10N2O4. The van der Waals surface area contributed by atoms with Crippen LogP contribution in [0.1, 0.15) is 26.5 Å². The number of nitrogens with zero attached hydrogens (tertiary/aromatic N) is 2. The van der Waals surface area contributed by atoms with Gasteiger partial charge in [0.2, 0.25) is 0 Å². The minimum atomic E-state index is -0.595. The Morgan fingerprint density at radius 2 is 1.73 bits per heavy atom. The first-order chi connectivity index (χ1) is 7.10. The Kier molecular flexibility index (Phi) is 3.33. The number of aryl methyl sites for hydroxylation is 1. The van der Waals surface area contributed by atoms with Crippen molar-refractivity contribution in [3.8, 4) is 0 Å². The van der Waals surface area contributed by atoms with Crippen molar-refractivity contribution in [2.45, 2.75) is 6.92 Å². The lowest BCUT2D eigenvalue weighted by molar-refractivity contribution is 0.0572. The highest BCUT2D eigenvalue weighted by atomic mass is 16.5. The summed E-state index contributed by atoms with van der Waals surface area (Å²) in [5.74, 6) is -1.18. The number of hydrogen-bond donors (Lipinski definition) is 0. The molecule has 0 saturated carbocycles. The van der Waals surface area contributed by atoms with Crippen LogP contribution in [0.15, 0.2) is 6.07 Å². The Morgan fingerprint density at radius 1 is 1.13 bits per heavy atom. The summed E-state index contributed by atoms with van der Waals surface area (Å²) in [4.78, 5) is 22.2. The summed E-state index contributed by atoms with van der Waals surface area (Å²) < 4.78 is 8.95. The molecule has 6 nitrogen and oxygen atoms in total. The number of hydrogen-bond acceptors (Lipinski definition) is 6. The molecule has 0 bridgehead atoms. The molecule has 1 heterocycles. The van der Waals surface area contributed by atoms with Crippen LogP contribution < -0.4 is 0 Å². The number of aromatic nitrogens is 2. The fourth-order valence-electron chi connectivity index (χ4n) is 0.988. The highest BCUT2D eigenvalue weighted by Crippen LogP contribution is 2.07. The molecule has 0 unspecified atom stereocenters. The zero-order valence-corrected chi connectivity index (χ0v) is 8.60. The summed E-state index contributed by atoms with van der Waals surface area (Å²) in [6, 6.07) is 1.42. The van der Waals surface area contributed by atoms with E-state index < -0.39 is 11.9 Å². The molecule has 0 radical (unpaired) electrons. The van der Waals surface area contributed by atoms with Crippen LogP contribution in [0.5, 0.6) is 0 Å². The van der Waals surface area contributed by atoms with E-state index in [1.165, 1.54) is 20.3 Å². The third kappa shape index (κ3) is 2.28. The second-order valence-corrected chi connectivity index (χ2v) is 2.74. The number of ether oxygens (including phenoxy) is 2. The van der Waals surface area contributed by atoms with Crippen LogP contribution in [0.4, 0.5) is 0 Å². The van der Waals surface area contributed by atoms with Crippen molar-refractivity contribution >= 4 is 11.9 Å². The number of carbonyl (C=O) groups excluding carboxylic acids is 2. The van der Waals surface area contributed by atoms with Crippen molar-refractivity contribution in [2.75, 3.05) is 14.2 Å². The molecule has 0 saturated heterocycles. The Labute approximate surface area is 86.2 Å². The Morgan fingerprint density at radius 3 is 2.20 bits per heavy atom. The summed E-state index contributed by atoms with van der Waals surface area (Å²) in [5.41, 5.74) is 0.657. The molecule has 0 N–H and O–H groups in total. The van der Waals surface area contributed by atoms with Gasteiger partial charge in [0.15, 0.2) is 11.4 Å². The predicted molar refractivity (Wildman–Crippen MR) is 49.4 cm³/mol. The Bertz CT molecular complexity index is 403. The lowest BCUT2D eigenvalue weighted by atomic mass is 10.2. The molecule has 1 aromatic heterocycles. The zero-order valence-electron chi connectivity index (χ0n) is 8.60. The van der Waals surface area contributed by atoms with E-state index >= 15 is 0 Å². The summed E-state index contributed by atoms with van der Waals surface area (Å²) in [6.07, 6.45) is 0. The maximum atomic E-state index is 11.1. The second kappa shape index (κ2) is 4.50. The molecule has 0 spiro atoms. The van der Waals surface area contributed by atoms with E-state index in [0.29, 0.717) is 5.56 Å². The fraction of sp³-hybridized carbons (Fsp3) is 0.333. The first-order valence-corrected chi connectivity index (χ1v) is 4.11. The minimum absolute atomic E-state index is 0.0580. The molecular weight excluding hydrogens is 200 g/mol. The number of methoxy groups -OCH3 is 2. The standard InChI is InChI=1S/C9H10N2O4/c1-5-4-6(8(12)14-2)10-11-7(5)9(13)15-3/h4H,1-3H3. The van der Waals surface area contributed by atoms with Crippen molar-refractivity contribution in [1.82, 2.24) is 10.2 Å². The van der Waals surface area contributed by atoms with Gasteiger partial charge < -0.3 is 9.47 Å². The van der Waals surface area contributed by atoms with Gasteiger partial charge in [0, 0.05) is 0 Å². The van der Waals surface area contributed by atoms with E-state index in [4.69, 9.17) is 0 Å². The van der Waals surface area contributed by atoms with E-state index in [1.807, 2.05) is 0 Å². The molecule has 15 heavy (non-hydrogen) atoms. The molecule has 0 aliphatic carbocycles. The third-order valence-electron chi connectivity index (χ3n) is 1.76. The summed E-state index contributed by atoms with van der Waals surface area (Å²) >= 11 is 0. The van der Waals surface area contributed by atoms with Crippen LogP contribution in [0.2, 0.25) is 0 Å². The van der Waals surface area contributed by atoms with E-state index in [1.54, 1.807) is 6.92 Å². The third-order valence-corrected chi connectivity index (χ3v) is 1.76. The maximum absolute atomic E-state index is 11.1. The molecule has 0 aliphatic rings. The molecule has 6 heteroatoms. The number of carbonyl (C=O) groups is 2. The smallest absolute Gasteiger partial charge is 0.358 e. The van der Waals surface area contributed by atoms with Gasteiger partial charge in [0.1, 0.15) is 0 Å². The van der Waals surface area contributed by atoms with Crippen molar-refractivity contribution < 1.29 is 19.1 Å². The van der Waals surface area contributed by atoms with Crippen LogP contribution in [-0.2, 0) is 9.47 Å². The van der Waals surface area contributed by atoms with E-state index in [0.717, 1.165) is 0 Å². The normalized spacial score (nSPS) is 9.53. The number of esters is 2. The first-order valence-electron chi connectivity index (χ1n) is 4.11. The molecule has 1 rings (SSSR count). The molecule has 1 aromatic rings. The van der Waals surface area contributed by atoms with E-state index in [2.05, 4.69) is 19.7 Å². The second-order valence-electron chi connectivity index (χ2n) is 2.74. The fourth-order valence-corrected chi connectivity index (χ4v) is 0.988. The molecule has 0 aliphatic heterocycles. The Balaban J connectivity index is 3.08. The first kappa shape index (κ1) is 11.1. The Hall–Kier alpha value is -1.98. The van der Waals surface area contributed by atoms with Crippen LogP contribution >= 0.6 is 0 Å². The summed E-state index contributed by atoms with van der Waals surface area (Å²) in [7, 11) is 2.49. The van der Waals surface area contributed by atoms with E-state index in [9.17, 15) is 9.59 Å². The molecule has 0 atom stereocenters. The van der Waals surface area contributed by atoms with Crippen LogP contribution in [-0.4, -0.2) is 36.4 Å². The average molecular weight is 210 g/mol. The van der Waals surface area contributed by atoms with Crippen LogP contribution in [0.25, 0.3) is 0 Å². The van der Waals surface area contributed by atoms with E-state index in [-0.39, 0.29) is 11.4 Å². The van der Waals surface area contributed by atoms with Gasteiger partial charge in [-0.2, -0.15) is 0 Å². The molecule has 0 aromatic carbocycles. The van der Waals surface area contributed by atoms with Gasteiger partial charge in [-0.25, -0.2) is 9.59 Å². The SMILES string of the molecule is COC(=O)c1cc(C)c(C(=O)OC)nn1. The zero-order chi connectivity index (χ0) is 11.4. The summed E-state index contributed by atoms with van der Waals surface area (Å²) in [5, 5.41) is 7.15. The highest BCUT2D eigenvalue weighted by Gasteiger charge is 2.15. The monoisotopic (exact) mass is 210 g/mol. The van der Waals surface area contributed by atoms with Crippen molar-refractivity contribution in [3.63, 3.8) is 0 Å². The van der Waals surface area contributed by atoms with Crippen molar-refractivity contribution in [3.05, 3.63) is 23.0 Å². The van der Waals surface area contributed by atoms with Gasteiger partial charge in [0.25, 0.3) is 0 Å². The molecule has 0 fully saturated rings. The topological polar surface area (TPSA) is 78.4 Å². The quantitative estimate of drug-likeness (QED) is 0.656. The predicted octanol–water partition coefficient (Wildman–Crippen LogP) is 0.358. The molecule has 0 amide bonds.